The molecule has 1 aromatic heterocycles. The van der Waals surface area contributed by atoms with E-state index in [4.69, 9.17) is 21.2 Å². The van der Waals surface area contributed by atoms with Crippen molar-refractivity contribution in [3.8, 4) is 11.5 Å². The van der Waals surface area contributed by atoms with E-state index in [1.54, 1.807) is 0 Å². The van der Waals surface area contributed by atoms with Gasteiger partial charge in [0.15, 0.2) is 17.8 Å². The lowest BCUT2D eigenvalue weighted by atomic mass is 10.2. The molecule has 6 nitrogen and oxygen atoms in total. The first kappa shape index (κ1) is 17.5. The highest BCUT2D eigenvalue weighted by molar-refractivity contribution is 6.29. The molecule has 0 saturated heterocycles. The number of aliphatic imine (C=N–C) groups is 1. The molecular weight excluding hydrogens is 363 g/mol. The Bertz CT molecular complexity index is 814. The van der Waals surface area contributed by atoms with E-state index in [1.807, 2.05) is 0 Å². The van der Waals surface area contributed by atoms with E-state index in [0.29, 0.717) is 0 Å². The molecule has 2 N–H and O–H groups in total. The molecule has 0 saturated carbocycles. The van der Waals surface area contributed by atoms with Crippen LogP contribution in [0.2, 0.25) is 5.15 Å². The maximum Gasteiger partial charge on any atom is 0.416 e. The van der Waals surface area contributed by atoms with Crippen LogP contribution in [0.3, 0.4) is 0 Å². The molecule has 10 heteroatoms. The predicted octanol–water partition coefficient (Wildman–Crippen LogP) is 3.15. The summed E-state index contributed by atoms with van der Waals surface area (Å²) in [6.07, 6.45) is -4.35. The second-order valence-corrected chi connectivity index (χ2v) is 5.39. The van der Waals surface area contributed by atoms with Gasteiger partial charge in [-0.2, -0.15) is 13.2 Å². The lowest BCUT2D eigenvalue weighted by Crippen LogP contribution is -2.35. The number of hydrogen-bond acceptors (Lipinski definition) is 6. The summed E-state index contributed by atoms with van der Waals surface area (Å²) in [4.78, 5) is 12.8. The van der Waals surface area contributed by atoms with Crippen molar-refractivity contribution in [2.75, 3.05) is 6.61 Å². The molecule has 0 aliphatic carbocycles. The van der Waals surface area contributed by atoms with Crippen LogP contribution < -0.4 is 10.2 Å². The third-order valence-corrected chi connectivity index (χ3v) is 3.36. The van der Waals surface area contributed by atoms with Crippen molar-refractivity contribution in [1.82, 2.24) is 10.5 Å². The normalized spacial score (nSPS) is 17.6. The minimum Gasteiger partial charge on any atom is -0.455 e. The second-order valence-electron chi connectivity index (χ2n) is 5.00. The molecule has 132 valence electrons. The number of amidine groups is 1. The van der Waals surface area contributed by atoms with Crippen molar-refractivity contribution in [1.29, 1.82) is 0 Å². The van der Waals surface area contributed by atoms with Crippen molar-refractivity contribution < 1.29 is 27.9 Å². The first-order chi connectivity index (χ1) is 11.8. The van der Waals surface area contributed by atoms with Gasteiger partial charge in [0.05, 0.1) is 17.3 Å². The van der Waals surface area contributed by atoms with E-state index in [9.17, 15) is 18.3 Å². The minimum absolute atomic E-state index is 0.0435. The zero-order chi connectivity index (χ0) is 18.0. The first-order valence-electron chi connectivity index (χ1n) is 6.97. The largest absolute Gasteiger partial charge is 0.455 e. The number of nitrogens with one attached hydrogen (secondary N) is 1. The molecule has 0 radical (unpaired) electrons. The monoisotopic (exact) mass is 373 g/mol. The first-order valence-corrected chi connectivity index (χ1v) is 7.35. The fraction of sp³-hybridized carbons (Fsp3) is 0.200. The van der Waals surface area contributed by atoms with Gasteiger partial charge < -0.3 is 9.84 Å². The highest BCUT2D eigenvalue weighted by atomic mass is 35.5. The summed E-state index contributed by atoms with van der Waals surface area (Å²) in [6.45, 7) is -0.0495. The zero-order valence-electron chi connectivity index (χ0n) is 12.4. The molecule has 1 aliphatic rings. The summed E-state index contributed by atoms with van der Waals surface area (Å²) < 4.78 is 44.0. The van der Waals surface area contributed by atoms with E-state index in [1.165, 1.54) is 24.4 Å². The van der Waals surface area contributed by atoms with E-state index < -0.39 is 18.0 Å². The fourth-order valence-corrected chi connectivity index (χ4v) is 2.23. The molecule has 0 bridgehead atoms. The van der Waals surface area contributed by atoms with Gasteiger partial charge >= 0.3 is 6.18 Å². The fourth-order valence-electron chi connectivity index (χ4n) is 2.07. The number of rotatable bonds is 3. The number of aliphatic hydroxyl groups is 1. The Kier molecular flexibility index (Phi) is 4.80. The van der Waals surface area contributed by atoms with Crippen molar-refractivity contribution in [2.24, 2.45) is 4.99 Å². The molecule has 0 fully saturated rings. The van der Waals surface area contributed by atoms with Gasteiger partial charge in [-0.3, -0.25) is 4.84 Å². The van der Waals surface area contributed by atoms with Crippen LogP contribution in [-0.4, -0.2) is 28.8 Å². The molecule has 0 unspecified atom stereocenters. The Balaban J connectivity index is 1.96. The van der Waals surface area contributed by atoms with Crippen LogP contribution in [0.15, 0.2) is 41.5 Å². The van der Waals surface area contributed by atoms with Gasteiger partial charge in [-0.05, 0) is 24.3 Å². The van der Waals surface area contributed by atoms with E-state index >= 15 is 0 Å². The summed E-state index contributed by atoms with van der Waals surface area (Å²) in [5.41, 5.74) is 1.93. The average molecular weight is 374 g/mol. The molecule has 1 aliphatic heterocycles. The van der Waals surface area contributed by atoms with Crippen molar-refractivity contribution >= 4 is 17.4 Å². The molecule has 1 aromatic carbocycles. The number of nitrogens with zero attached hydrogens (tertiary/aromatic N) is 2. The number of halogens is 4. The Hall–Kier alpha value is -2.36. The number of benzene rings is 1. The lowest BCUT2D eigenvalue weighted by Gasteiger charge is -2.20. The van der Waals surface area contributed by atoms with Gasteiger partial charge in [0.1, 0.15) is 17.5 Å². The van der Waals surface area contributed by atoms with E-state index in [0.717, 1.165) is 12.1 Å². The number of pyridine rings is 1. The Morgan fingerprint density at radius 1 is 1.32 bits per heavy atom. The minimum atomic E-state index is -4.49. The Labute approximate surface area is 144 Å². The van der Waals surface area contributed by atoms with Crippen LogP contribution in [0, 0.1) is 0 Å². The zero-order valence-corrected chi connectivity index (χ0v) is 13.2. The second kappa shape index (κ2) is 6.87. The smallest absolute Gasteiger partial charge is 0.416 e. The van der Waals surface area contributed by atoms with Gasteiger partial charge in [0.2, 0.25) is 0 Å². The highest BCUT2D eigenvalue weighted by Crippen LogP contribution is 2.33. The number of aliphatic hydroxyl groups excluding tert-OH is 1. The van der Waals surface area contributed by atoms with Gasteiger partial charge in [0, 0.05) is 0 Å². The van der Waals surface area contributed by atoms with Crippen LogP contribution in [0.4, 0.5) is 13.2 Å². The topological polar surface area (TPSA) is 76.0 Å². The van der Waals surface area contributed by atoms with E-state index in [2.05, 4.69) is 15.5 Å². The number of hydrogen-bond donors (Lipinski definition) is 2. The maximum absolute atomic E-state index is 12.8. The highest BCUT2D eigenvalue weighted by Gasteiger charge is 2.30. The summed E-state index contributed by atoms with van der Waals surface area (Å²) in [7, 11) is 0. The molecule has 3 rings (SSSR count). The summed E-state index contributed by atoms with van der Waals surface area (Å²) >= 11 is 5.86. The van der Waals surface area contributed by atoms with Crippen LogP contribution in [0.25, 0.3) is 0 Å². The van der Waals surface area contributed by atoms with Gasteiger partial charge in [-0.25, -0.2) is 15.5 Å². The summed E-state index contributed by atoms with van der Waals surface area (Å²) in [5, 5.41) is 9.66. The number of ether oxygens (including phenoxy) is 1. The van der Waals surface area contributed by atoms with Crippen LogP contribution >= 0.6 is 11.6 Å². The average Bonchev–Trinajstić information content (AvgIpc) is 2.56. The van der Waals surface area contributed by atoms with Gasteiger partial charge in [-0.15, -0.1) is 0 Å². The molecule has 2 heterocycles. The maximum atomic E-state index is 12.8. The Morgan fingerprint density at radius 2 is 2.12 bits per heavy atom. The molecular formula is C15H11ClF3N3O3. The van der Waals surface area contributed by atoms with Crippen LogP contribution in [0.1, 0.15) is 11.1 Å². The van der Waals surface area contributed by atoms with E-state index in [-0.39, 0.29) is 34.7 Å². The lowest BCUT2D eigenvalue weighted by molar-refractivity contribution is -0.137. The molecule has 1 atom stereocenters. The predicted molar refractivity (Wildman–Crippen MR) is 82.4 cm³/mol. The van der Waals surface area contributed by atoms with Crippen molar-refractivity contribution in [3.05, 3.63) is 52.8 Å². The SMILES string of the molecule is O[C@@H]1CONC(c2cc(Cl)ncc2Oc2cccc(C(F)(F)F)c2)=N1. The van der Waals surface area contributed by atoms with Crippen LogP contribution in [-0.2, 0) is 11.0 Å². The number of aromatic nitrogens is 1. The van der Waals surface area contributed by atoms with Crippen molar-refractivity contribution in [3.63, 3.8) is 0 Å². The molecule has 2 aromatic rings. The van der Waals surface area contributed by atoms with Gasteiger partial charge in [-0.1, -0.05) is 17.7 Å². The third-order valence-electron chi connectivity index (χ3n) is 3.16. The Morgan fingerprint density at radius 3 is 2.84 bits per heavy atom. The molecule has 0 amide bonds. The van der Waals surface area contributed by atoms with Crippen LogP contribution in [0.5, 0.6) is 11.5 Å². The van der Waals surface area contributed by atoms with Crippen molar-refractivity contribution in [2.45, 2.75) is 12.4 Å². The summed E-state index contributed by atoms with van der Waals surface area (Å²) in [5.74, 6) is 0.163. The third kappa shape index (κ3) is 4.19. The summed E-state index contributed by atoms with van der Waals surface area (Å²) in [6, 6.07) is 5.78. The quantitative estimate of drug-likeness (QED) is 0.808. The number of alkyl halides is 3. The standard InChI is InChI=1S/C15H11ClF3N3O3/c16-12-5-10(14-21-13(23)7-24-22-14)11(6-20-12)25-9-3-1-2-8(4-9)15(17,18)19/h1-6,13,23H,7H2,(H,21,22)/t13-/m1/s1. The number of hydroxylamine groups is 1. The van der Waals surface area contributed by atoms with Gasteiger partial charge in [0.25, 0.3) is 0 Å². The molecule has 25 heavy (non-hydrogen) atoms. The molecule has 0 spiro atoms.